The molecular weight excluding hydrogens is 362 g/mol. The van der Waals surface area contributed by atoms with Crippen LogP contribution in [0.2, 0.25) is 5.02 Å². The highest BCUT2D eigenvalue weighted by Gasteiger charge is 2.15. The number of halogens is 1. The van der Waals surface area contributed by atoms with Gasteiger partial charge >= 0.3 is 0 Å². The first kappa shape index (κ1) is 17.5. The number of aromatic nitrogens is 4. The lowest BCUT2D eigenvalue weighted by atomic mass is 10.2. The smallest absolute Gasteiger partial charge is 0.237 e. The Morgan fingerprint density at radius 1 is 1.36 bits per heavy atom. The standard InChI is InChI=1S/C16H16ClN5O2S/c1-3-22-15(11-5-4-6-12(17)8-11)19-20-16(22)25-9-13(23)18-14-7-10(2)21-24-14/h4-8H,3,9H2,1-2H3,(H,18,23). The number of carbonyl (C=O) groups excluding carboxylic acids is 1. The Kier molecular flexibility index (Phi) is 5.40. The quantitative estimate of drug-likeness (QED) is 0.660. The van der Waals surface area contributed by atoms with E-state index < -0.39 is 0 Å². The number of nitrogens with zero attached hydrogens (tertiary/aromatic N) is 4. The number of hydrogen-bond donors (Lipinski definition) is 1. The summed E-state index contributed by atoms with van der Waals surface area (Å²) >= 11 is 7.36. The van der Waals surface area contributed by atoms with Crippen LogP contribution in [0.5, 0.6) is 0 Å². The largest absolute Gasteiger partial charge is 0.338 e. The van der Waals surface area contributed by atoms with Crippen molar-refractivity contribution >= 4 is 35.2 Å². The van der Waals surface area contributed by atoms with Gasteiger partial charge in [0.2, 0.25) is 11.8 Å². The summed E-state index contributed by atoms with van der Waals surface area (Å²) in [5, 5.41) is 16.1. The number of benzene rings is 1. The van der Waals surface area contributed by atoms with Crippen molar-refractivity contribution in [1.82, 2.24) is 19.9 Å². The van der Waals surface area contributed by atoms with Crippen LogP contribution in [0, 0.1) is 6.92 Å². The van der Waals surface area contributed by atoms with E-state index >= 15 is 0 Å². The fourth-order valence-corrected chi connectivity index (χ4v) is 3.24. The van der Waals surface area contributed by atoms with Gasteiger partial charge in [-0.3, -0.25) is 10.1 Å². The van der Waals surface area contributed by atoms with Crippen LogP contribution < -0.4 is 5.32 Å². The van der Waals surface area contributed by atoms with Crippen LogP contribution in [0.3, 0.4) is 0 Å². The predicted molar refractivity (Wildman–Crippen MR) is 96.7 cm³/mol. The fraction of sp³-hybridized carbons (Fsp3) is 0.250. The highest BCUT2D eigenvalue weighted by atomic mass is 35.5. The lowest BCUT2D eigenvalue weighted by Gasteiger charge is -2.07. The van der Waals surface area contributed by atoms with E-state index in [1.165, 1.54) is 11.8 Å². The van der Waals surface area contributed by atoms with E-state index in [4.69, 9.17) is 16.1 Å². The Balaban J connectivity index is 1.69. The lowest BCUT2D eigenvalue weighted by molar-refractivity contribution is -0.113. The van der Waals surface area contributed by atoms with Gasteiger partial charge in [-0.15, -0.1) is 10.2 Å². The molecule has 1 N–H and O–H groups in total. The Labute approximate surface area is 153 Å². The van der Waals surface area contributed by atoms with Gasteiger partial charge in [0, 0.05) is 23.2 Å². The second-order valence-electron chi connectivity index (χ2n) is 5.23. The van der Waals surface area contributed by atoms with Crippen LogP contribution in [-0.4, -0.2) is 31.6 Å². The van der Waals surface area contributed by atoms with Crippen molar-refractivity contribution in [2.45, 2.75) is 25.5 Å². The zero-order chi connectivity index (χ0) is 17.8. The van der Waals surface area contributed by atoms with Crippen LogP contribution in [0.15, 0.2) is 40.0 Å². The number of rotatable bonds is 6. The third-order valence-electron chi connectivity index (χ3n) is 3.34. The second kappa shape index (κ2) is 7.71. The molecule has 1 amide bonds. The molecule has 25 heavy (non-hydrogen) atoms. The summed E-state index contributed by atoms with van der Waals surface area (Å²) in [6, 6.07) is 9.10. The normalized spacial score (nSPS) is 10.8. The van der Waals surface area contributed by atoms with Gasteiger partial charge in [-0.2, -0.15) is 0 Å². The molecule has 7 nitrogen and oxygen atoms in total. The average molecular weight is 378 g/mol. The molecule has 0 atom stereocenters. The predicted octanol–water partition coefficient (Wildman–Crippen LogP) is 3.65. The second-order valence-corrected chi connectivity index (χ2v) is 6.61. The Morgan fingerprint density at radius 2 is 2.20 bits per heavy atom. The first-order valence-electron chi connectivity index (χ1n) is 7.62. The number of thioether (sulfide) groups is 1. The Bertz CT molecular complexity index is 892. The fourth-order valence-electron chi connectivity index (χ4n) is 2.25. The molecule has 3 aromatic rings. The number of hydrogen-bond acceptors (Lipinski definition) is 6. The molecule has 3 rings (SSSR count). The van der Waals surface area contributed by atoms with Crippen LogP contribution in [0.4, 0.5) is 5.88 Å². The van der Waals surface area contributed by atoms with Gasteiger partial charge in [-0.05, 0) is 26.0 Å². The molecule has 0 saturated heterocycles. The number of aryl methyl sites for hydroxylation is 1. The summed E-state index contributed by atoms with van der Waals surface area (Å²) < 4.78 is 6.91. The minimum absolute atomic E-state index is 0.188. The van der Waals surface area contributed by atoms with Crippen molar-refractivity contribution in [1.29, 1.82) is 0 Å². The van der Waals surface area contributed by atoms with E-state index in [2.05, 4.69) is 20.7 Å². The van der Waals surface area contributed by atoms with Crippen molar-refractivity contribution in [3.63, 3.8) is 0 Å². The summed E-state index contributed by atoms with van der Waals surface area (Å²) in [4.78, 5) is 12.0. The van der Waals surface area contributed by atoms with Crippen LogP contribution in [-0.2, 0) is 11.3 Å². The highest BCUT2D eigenvalue weighted by molar-refractivity contribution is 7.99. The third-order valence-corrected chi connectivity index (χ3v) is 4.54. The minimum Gasteiger partial charge on any atom is -0.338 e. The number of carbonyl (C=O) groups is 1. The molecule has 0 bridgehead atoms. The van der Waals surface area contributed by atoms with Crippen LogP contribution in [0.1, 0.15) is 12.6 Å². The van der Waals surface area contributed by atoms with Gasteiger partial charge < -0.3 is 9.09 Å². The molecule has 2 aromatic heterocycles. The summed E-state index contributed by atoms with van der Waals surface area (Å²) in [6.07, 6.45) is 0. The molecule has 0 fully saturated rings. The van der Waals surface area contributed by atoms with Gasteiger partial charge in [-0.1, -0.05) is 40.7 Å². The van der Waals surface area contributed by atoms with Gasteiger partial charge in [0.1, 0.15) is 0 Å². The molecule has 0 spiro atoms. The van der Waals surface area contributed by atoms with E-state index in [0.717, 1.165) is 11.4 Å². The molecule has 0 aliphatic rings. The van der Waals surface area contributed by atoms with Crippen molar-refractivity contribution in [3.05, 3.63) is 41.0 Å². The summed E-state index contributed by atoms with van der Waals surface area (Å²) in [5.41, 5.74) is 1.59. The molecule has 1 aromatic carbocycles. The maximum atomic E-state index is 12.0. The van der Waals surface area contributed by atoms with Crippen molar-refractivity contribution < 1.29 is 9.32 Å². The van der Waals surface area contributed by atoms with Crippen molar-refractivity contribution in [2.24, 2.45) is 0 Å². The number of amides is 1. The maximum absolute atomic E-state index is 12.0. The Hall–Kier alpha value is -2.32. The van der Waals surface area contributed by atoms with Crippen LogP contribution in [0.25, 0.3) is 11.4 Å². The summed E-state index contributed by atoms with van der Waals surface area (Å²) in [7, 11) is 0. The third kappa shape index (κ3) is 4.21. The van der Waals surface area contributed by atoms with E-state index in [-0.39, 0.29) is 11.7 Å². The molecule has 0 aliphatic carbocycles. The lowest BCUT2D eigenvalue weighted by Crippen LogP contribution is -2.14. The van der Waals surface area contributed by atoms with Crippen molar-refractivity contribution in [2.75, 3.05) is 11.1 Å². The van der Waals surface area contributed by atoms with E-state index in [0.29, 0.717) is 28.3 Å². The molecule has 0 saturated carbocycles. The topological polar surface area (TPSA) is 85.8 Å². The minimum atomic E-state index is -0.198. The molecule has 0 radical (unpaired) electrons. The van der Waals surface area contributed by atoms with Crippen molar-refractivity contribution in [3.8, 4) is 11.4 Å². The number of nitrogens with one attached hydrogen (secondary N) is 1. The molecule has 0 unspecified atom stereocenters. The van der Waals surface area contributed by atoms with Crippen LogP contribution >= 0.6 is 23.4 Å². The van der Waals surface area contributed by atoms with Gasteiger partial charge in [0.25, 0.3) is 0 Å². The zero-order valence-corrected chi connectivity index (χ0v) is 15.3. The molecular formula is C16H16ClN5O2S. The summed E-state index contributed by atoms with van der Waals surface area (Å²) in [6.45, 7) is 4.47. The molecule has 130 valence electrons. The van der Waals surface area contributed by atoms with Gasteiger partial charge in [0.05, 0.1) is 11.4 Å². The monoisotopic (exact) mass is 377 g/mol. The SMILES string of the molecule is CCn1c(SCC(=O)Nc2cc(C)no2)nnc1-c1cccc(Cl)c1. The van der Waals surface area contributed by atoms with E-state index in [1.54, 1.807) is 13.0 Å². The zero-order valence-electron chi connectivity index (χ0n) is 13.7. The molecule has 2 heterocycles. The van der Waals surface area contributed by atoms with E-state index in [1.807, 2.05) is 35.8 Å². The first-order chi connectivity index (χ1) is 12.1. The Morgan fingerprint density at radius 3 is 2.88 bits per heavy atom. The van der Waals surface area contributed by atoms with E-state index in [9.17, 15) is 4.79 Å². The summed E-state index contributed by atoms with van der Waals surface area (Å²) in [5.74, 6) is 1.04. The first-order valence-corrected chi connectivity index (χ1v) is 8.98. The van der Waals surface area contributed by atoms with Gasteiger partial charge in [0.15, 0.2) is 11.0 Å². The highest BCUT2D eigenvalue weighted by Crippen LogP contribution is 2.25. The number of anilines is 1. The molecule has 0 aliphatic heterocycles. The maximum Gasteiger partial charge on any atom is 0.237 e. The average Bonchev–Trinajstić information content (AvgIpc) is 3.18. The molecule has 9 heteroatoms. The van der Waals surface area contributed by atoms with Gasteiger partial charge in [-0.25, -0.2) is 0 Å².